The van der Waals surface area contributed by atoms with Crippen LogP contribution in [0.25, 0.3) is 6.08 Å². The zero-order valence-corrected chi connectivity index (χ0v) is 14.2. The molecule has 0 radical (unpaired) electrons. The molecular weight excluding hydrogens is 326 g/mol. The Morgan fingerprint density at radius 1 is 1.17 bits per heavy atom. The van der Waals surface area contributed by atoms with Crippen molar-refractivity contribution in [3.8, 4) is 0 Å². The van der Waals surface area contributed by atoms with Gasteiger partial charge in [0, 0.05) is 18.0 Å². The lowest BCUT2D eigenvalue weighted by molar-refractivity contribution is -0.117. The van der Waals surface area contributed by atoms with Crippen LogP contribution in [0.4, 0.5) is 5.69 Å². The van der Waals surface area contributed by atoms with Crippen molar-refractivity contribution in [2.75, 3.05) is 11.0 Å². The zero-order chi connectivity index (χ0) is 17.6. The number of pyridine rings is 1. The molecule has 2 N–H and O–H groups in total. The summed E-state index contributed by atoms with van der Waals surface area (Å²) in [6, 6.07) is 12.1. The number of nitrogens with one attached hydrogen (secondary N) is 2. The Bertz CT molecular complexity index is 816. The summed E-state index contributed by atoms with van der Waals surface area (Å²) in [6.45, 7) is 1.85. The Morgan fingerprint density at radius 3 is 2.46 bits per heavy atom. The lowest BCUT2D eigenvalue weighted by atomic mass is 10.1. The second-order valence-electron chi connectivity index (χ2n) is 5.31. The quantitative estimate of drug-likeness (QED) is 0.787. The zero-order valence-electron chi connectivity index (χ0n) is 13.4. The van der Waals surface area contributed by atoms with Crippen LogP contribution in [0.1, 0.15) is 24.2 Å². The molecule has 0 aliphatic rings. The molecule has 0 fully saturated rings. The highest BCUT2D eigenvalue weighted by molar-refractivity contribution is 7.92. The number of hydrogen-bond acceptors (Lipinski definition) is 4. The summed E-state index contributed by atoms with van der Waals surface area (Å²) < 4.78 is 24.7. The number of sulfonamides is 1. The van der Waals surface area contributed by atoms with Crippen LogP contribution in [0, 0.1) is 0 Å². The maximum atomic E-state index is 11.9. The summed E-state index contributed by atoms with van der Waals surface area (Å²) >= 11 is 0. The number of carbonyl (C=O) groups excluding carboxylic acids is 1. The Kier molecular flexibility index (Phi) is 5.70. The van der Waals surface area contributed by atoms with Crippen molar-refractivity contribution in [2.24, 2.45) is 0 Å². The van der Waals surface area contributed by atoms with Gasteiger partial charge in [0.15, 0.2) is 0 Å². The van der Waals surface area contributed by atoms with Crippen LogP contribution in [-0.2, 0) is 14.8 Å². The van der Waals surface area contributed by atoms with Crippen molar-refractivity contribution < 1.29 is 13.2 Å². The lowest BCUT2D eigenvalue weighted by Gasteiger charge is -2.13. The second kappa shape index (κ2) is 7.74. The fourth-order valence-electron chi connectivity index (χ4n) is 2.03. The molecule has 1 aromatic carbocycles. The van der Waals surface area contributed by atoms with Crippen molar-refractivity contribution in [2.45, 2.75) is 13.0 Å². The molecule has 2 rings (SSSR count). The largest absolute Gasteiger partial charge is 0.346 e. The number of amides is 1. The van der Waals surface area contributed by atoms with Gasteiger partial charge in [-0.2, -0.15) is 0 Å². The van der Waals surface area contributed by atoms with Crippen molar-refractivity contribution in [3.05, 3.63) is 66.0 Å². The third-order valence-electron chi connectivity index (χ3n) is 3.17. The third kappa shape index (κ3) is 5.85. The molecule has 126 valence electrons. The van der Waals surface area contributed by atoms with E-state index in [2.05, 4.69) is 15.0 Å². The minimum atomic E-state index is -3.30. The molecule has 0 spiro atoms. The van der Waals surface area contributed by atoms with Crippen LogP contribution >= 0.6 is 0 Å². The predicted molar refractivity (Wildman–Crippen MR) is 94.7 cm³/mol. The van der Waals surface area contributed by atoms with Gasteiger partial charge >= 0.3 is 0 Å². The minimum absolute atomic E-state index is 0.210. The van der Waals surface area contributed by atoms with E-state index in [-0.39, 0.29) is 11.9 Å². The molecule has 0 saturated heterocycles. The van der Waals surface area contributed by atoms with Gasteiger partial charge in [-0.3, -0.25) is 14.5 Å². The number of carbonyl (C=O) groups is 1. The summed E-state index contributed by atoms with van der Waals surface area (Å²) in [5.74, 6) is -0.230. The van der Waals surface area contributed by atoms with Crippen LogP contribution in [0.2, 0.25) is 0 Å². The number of nitrogens with zero attached hydrogens (tertiary/aromatic N) is 1. The Morgan fingerprint density at radius 2 is 1.88 bits per heavy atom. The van der Waals surface area contributed by atoms with Crippen molar-refractivity contribution >= 4 is 27.7 Å². The van der Waals surface area contributed by atoms with E-state index in [1.165, 1.54) is 6.08 Å². The Hall–Kier alpha value is -2.67. The Labute approximate surface area is 141 Å². The van der Waals surface area contributed by atoms with Crippen LogP contribution in [-0.4, -0.2) is 25.6 Å². The fraction of sp³-hybridized carbons (Fsp3) is 0.176. The summed E-state index contributed by atoms with van der Waals surface area (Å²) in [4.78, 5) is 16.0. The maximum absolute atomic E-state index is 11.9. The van der Waals surface area contributed by atoms with E-state index in [9.17, 15) is 13.2 Å². The van der Waals surface area contributed by atoms with Gasteiger partial charge in [-0.25, -0.2) is 8.42 Å². The SMILES string of the molecule is C[C@H](NC(=O)/C=C\c1ccccn1)c1ccc(NS(C)(=O)=O)cc1. The number of rotatable bonds is 6. The fourth-order valence-corrected chi connectivity index (χ4v) is 2.60. The summed E-state index contributed by atoms with van der Waals surface area (Å²) in [6.07, 6.45) is 5.82. The van der Waals surface area contributed by atoms with E-state index in [0.29, 0.717) is 11.4 Å². The first-order valence-corrected chi connectivity index (χ1v) is 9.20. The molecule has 1 atom stereocenters. The van der Waals surface area contributed by atoms with E-state index in [1.54, 1.807) is 42.6 Å². The molecule has 1 heterocycles. The predicted octanol–water partition coefficient (Wildman–Crippen LogP) is 2.34. The van der Waals surface area contributed by atoms with E-state index >= 15 is 0 Å². The van der Waals surface area contributed by atoms with Gasteiger partial charge in [0.1, 0.15) is 0 Å². The monoisotopic (exact) mass is 345 g/mol. The van der Waals surface area contributed by atoms with Gasteiger partial charge in [-0.1, -0.05) is 18.2 Å². The lowest BCUT2D eigenvalue weighted by Crippen LogP contribution is -2.24. The van der Waals surface area contributed by atoms with Crippen molar-refractivity contribution in [1.82, 2.24) is 10.3 Å². The summed E-state index contributed by atoms with van der Waals surface area (Å²) in [5, 5.41) is 2.84. The number of benzene rings is 1. The average molecular weight is 345 g/mol. The molecule has 0 aliphatic heterocycles. The molecule has 1 amide bonds. The van der Waals surface area contributed by atoms with Gasteiger partial charge in [0.05, 0.1) is 18.0 Å². The molecule has 0 aliphatic carbocycles. The number of hydrogen-bond donors (Lipinski definition) is 2. The second-order valence-corrected chi connectivity index (χ2v) is 7.06. The molecule has 0 unspecified atom stereocenters. The van der Waals surface area contributed by atoms with Crippen LogP contribution in [0.15, 0.2) is 54.7 Å². The van der Waals surface area contributed by atoms with Gasteiger partial charge in [-0.15, -0.1) is 0 Å². The maximum Gasteiger partial charge on any atom is 0.244 e. The van der Waals surface area contributed by atoms with Gasteiger partial charge in [0.2, 0.25) is 15.9 Å². The Balaban J connectivity index is 1.95. The molecule has 2 aromatic rings. The van der Waals surface area contributed by atoms with Crippen LogP contribution < -0.4 is 10.0 Å². The first-order valence-electron chi connectivity index (χ1n) is 7.31. The molecule has 1 aromatic heterocycles. The van der Waals surface area contributed by atoms with Crippen LogP contribution in [0.3, 0.4) is 0 Å². The van der Waals surface area contributed by atoms with Crippen LogP contribution in [0.5, 0.6) is 0 Å². The molecule has 0 saturated carbocycles. The van der Waals surface area contributed by atoms with Gasteiger partial charge in [-0.05, 0) is 42.8 Å². The van der Waals surface area contributed by atoms with Gasteiger partial charge in [0.25, 0.3) is 0 Å². The highest BCUT2D eigenvalue weighted by Gasteiger charge is 2.08. The minimum Gasteiger partial charge on any atom is -0.346 e. The topological polar surface area (TPSA) is 88.2 Å². The molecule has 7 heteroatoms. The smallest absolute Gasteiger partial charge is 0.244 e. The number of anilines is 1. The first-order chi connectivity index (χ1) is 11.3. The summed E-state index contributed by atoms with van der Waals surface area (Å²) in [7, 11) is -3.30. The molecular formula is C17H19N3O3S. The van der Waals surface area contributed by atoms with E-state index in [4.69, 9.17) is 0 Å². The highest BCUT2D eigenvalue weighted by Crippen LogP contribution is 2.16. The van der Waals surface area contributed by atoms with Crippen molar-refractivity contribution in [3.63, 3.8) is 0 Å². The van der Waals surface area contributed by atoms with Crippen molar-refractivity contribution in [1.29, 1.82) is 0 Å². The van der Waals surface area contributed by atoms with E-state index < -0.39 is 10.0 Å². The molecule has 24 heavy (non-hydrogen) atoms. The first kappa shape index (κ1) is 17.7. The van der Waals surface area contributed by atoms with Gasteiger partial charge < -0.3 is 5.32 Å². The number of aromatic nitrogens is 1. The normalized spacial score (nSPS) is 12.8. The summed E-state index contributed by atoms with van der Waals surface area (Å²) in [5.41, 5.74) is 2.06. The third-order valence-corrected chi connectivity index (χ3v) is 3.77. The standard InChI is InChI=1S/C17H19N3O3S/c1-13(14-6-8-16(9-7-14)20-24(2,22)23)19-17(21)11-10-15-5-3-4-12-18-15/h3-13,20H,1-2H3,(H,19,21)/b11-10-/t13-/m0/s1. The molecule has 6 nitrogen and oxygen atoms in total. The van der Waals surface area contributed by atoms with E-state index in [1.807, 2.05) is 19.1 Å². The average Bonchev–Trinajstić information content (AvgIpc) is 2.53. The van der Waals surface area contributed by atoms with E-state index in [0.717, 1.165) is 11.8 Å². The highest BCUT2D eigenvalue weighted by atomic mass is 32.2. The molecule has 0 bridgehead atoms.